The van der Waals surface area contributed by atoms with E-state index in [1.807, 2.05) is 0 Å². The molecule has 3 rings (SSSR count). The van der Waals surface area contributed by atoms with Crippen LogP contribution in [-0.2, 0) is 4.74 Å². The fourth-order valence-electron chi connectivity index (χ4n) is 2.61. The zero-order chi connectivity index (χ0) is 13.6. The molecule has 2 aliphatic rings. The van der Waals surface area contributed by atoms with Gasteiger partial charge in [-0.15, -0.1) is 0 Å². The Balaban J connectivity index is 1.95. The van der Waals surface area contributed by atoms with Gasteiger partial charge in [-0.2, -0.15) is 0 Å². The Bertz CT molecular complexity index is 553. The average Bonchev–Trinajstić information content (AvgIpc) is 3.16. The van der Waals surface area contributed by atoms with Gasteiger partial charge in [-0.1, -0.05) is 6.58 Å². The van der Waals surface area contributed by atoms with Gasteiger partial charge in [0, 0.05) is 12.6 Å². The van der Waals surface area contributed by atoms with Crippen molar-refractivity contribution in [3.05, 3.63) is 46.3 Å². The molecular formula is C13H14N2O4. The first-order valence-electron chi connectivity index (χ1n) is 6.17. The van der Waals surface area contributed by atoms with Crippen LogP contribution < -0.4 is 0 Å². The van der Waals surface area contributed by atoms with Crippen molar-refractivity contribution in [2.24, 2.45) is 0 Å². The highest BCUT2D eigenvalue weighted by Gasteiger charge is 2.54. The summed E-state index contributed by atoms with van der Waals surface area (Å²) in [6, 6.07) is 1.58. The quantitative estimate of drug-likeness (QED) is 0.500. The van der Waals surface area contributed by atoms with Crippen molar-refractivity contribution in [2.75, 3.05) is 0 Å². The van der Waals surface area contributed by atoms with Gasteiger partial charge in [-0.3, -0.25) is 15.1 Å². The summed E-state index contributed by atoms with van der Waals surface area (Å²) in [5.74, 6) is 0. The summed E-state index contributed by atoms with van der Waals surface area (Å²) in [5, 5.41) is 21.1. The molecule has 0 amide bonds. The van der Waals surface area contributed by atoms with Crippen LogP contribution in [0.4, 0.5) is 5.69 Å². The lowest BCUT2D eigenvalue weighted by Crippen LogP contribution is -2.35. The SMILES string of the molecule is C=C1C(O)CC(c2ccncc2[N+](=O)[O-])OC12CC2. The minimum atomic E-state index is -0.672. The molecule has 1 aliphatic carbocycles. The Kier molecular flexibility index (Phi) is 2.65. The molecular weight excluding hydrogens is 248 g/mol. The minimum absolute atomic E-state index is 0.0667. The van der Waals surface area contributed by atoms with Gasteiger partial charge < -0.3 is 9.84 Å². The van der Waals surface area contributed by atoms with E-state index in [0.29, 0.717) is 17.6 Å². The van der Waals surface area contributed by atoms with Gasteiger partial charge in [-0.05, 0) is 24.5 Å². The van der Waals surface area contributed by atoms with Crippen molar-refractivity contribution >= 4 is 5.69 Å². The highest BCUT2D eigenvalue weighted by Crippen LogP contribution is 2.54. The lowest BCUT2D eigenvalue weighted by atomic mass is 9.91. The summed E-state index contributed by atoms with van der Waals surface area (Å²) in [6.45, 7) is 3.87. The van der Waals surface area contributed by atoms with E-state index in [0.717, 1.165) is 12.8 Å². The Morgan fingerprint density at radius 2 is 2.32 bits per heavy atom. The van der Waals surface area contributed by atoms with Crippen LogP contribution in [0.3, 0.4) is 0 Å². The number of nitrogens with zero attached hydrogens (tertiary/aromatic N) is 2. The second-order valence-corrected chi connectivity index (χ2v) is 5.07. The maximum Gasteiger partial charge on any atom is 0.293 e. The van der Waals surface area contributed by atoms with E-state index in [2.05, 4.69) is 11.6 Å². The lowest BCUT2D eigenvalue weighted by Gasteiger charge is -2.35. The number of aliphatic hydroxyl groups excluding tert-OH is 1. The average molecular weight is 262 g/mol. The molecule has 100 valence electrons. The first-order valence-corrected chi connectivity index (χ1v) is 6.17. The van der Waals surface area contributed by atoms with Crippen LogP contribution in [0, 0.1) is 10.1 Å². The van der Waals surface area contributed by atoms with Crippen molar-refractivity contribution in [1.82, 2.24) is 4.98 Å². The highest BCUT2D eigenvalue weighted by atomic mass is 16.6. The van der Waals surface area contributed by atoms with Gasteiger partial charge in [0.15, 0.2) is 0 Å². The van der Waals surface area contributed by atoms with Crippen molar-refractivity contribution in [3.63, 3.8) is 0 Å². The monoisotopic (exact) mass is 262 g/mol. The summed E-state index contributed by atoms with van der Waals surface area (Å²) in [4.78, 5) is 14.3. The third kappa shape index (κ3) is 1.93. The standard InChI is InChI=1S/C13H14N2O4/c1-8-11(16)6-12(19-13(8)3-4-13)9-2-5-14-7-10(9)15(17)18/h2,5,7,11-12,16H,1,3-4,6H2. The topological polar surface area (TPSA) is 85.5 Å². The fraction of sp³-hybridized carbons (Fsp3) is 0.462. The van der Waals surface area contributed by atoms with Crippen LogP contribution in [0.5, 0.6) is 0 Å². The molecule has 0 aromatic carbocycles. The largest absolute Gasteiger partial charge is 0.389 e. The normalized spacial score (nSPS) is 28.4. The van der Waals surface area contributed by atoms with Gasteiger partial charge in [0.05, 0.1) is 28.3 Å². The molecule has 0 radical (unpaired) electrons. The van der Waals surface area contributed by atoms with Crippen LogP contribution in [-0.4, -0.2) is 26.7 Å². The molecule has 0 bridgehead atoms. The molecule has 2 unspecified atom stereocenters. The third-order valence-corrected chi connectivity index (χ3v) is 3.87. The molecule has 1 spiro atoms. The van der Waals surface area contributed by atoms with Gasteiger partial charge in [0.2, 0.25) is 0 Å². The number of rotatable bonds is 2. The highest BCUT2D eigenvalue weighted by molar-refractivity contribution is 5.40. The first-order chi connectivity index (χ1) is 9.03. The van der Waals surface area contributed by atoms with Crippen LogP contribution >= 0.6 is 0 Å². The second-order valence-electron chi connectivity index (χ2n) is 5.07. The number of ether oxygens (including phenoxy) is 1. The van der Waals surface area contributed by atoms with E-state index in [1.165, 1.54) is 12.4 Å². The molecule has 2 fully saturated rings. The van der Waals surface area contributed by atoms with Crippen LogP contribution in [0.15, 0.2) is 30.6 Å². The molecule has 19 heavy (non-hydrogen) atoms. The molecule has 2 heterocycles. The molecule has 1 saturated heterocycles. The van der Waals surface area contributed by atoms with Crippen LogP contribution in [0.2, 0.25) is 0 Å². The number of aromatic nitrogens is 1. The predicted octanol–water partition coefficient (Wildman–Crippen LogP) is 1.90. The number of hydrogen-bond donors (Lipinski definition) is 1. The van der Waals surface area contributed by atoms with E-state index < -0.39 is 22.7 Å². The maximum atomic E-state index is 11.0. The molecule has 6 heteroatoms. The maximum absolute atomic E-state index is 11.0. The Morgan fingerprint density at radius 1 is 1.58 bits per heavy atom. The van der Waals surface area contributed by atoms with Crippen molar-refractivity contribution in [1.29, 1.82) is 0 Å². The minimum Gasteiger partial charge on any atom is -0.389 e. The van der Waals surface area contributed by atoms with Crippen LogP contribution in [0.1, 0.15) is 30.9 Å². The summed E-state index contributed by atoms with van der Waals surface area (Å²) in [7, 11) is 0. The molecule has 1 N–H and O–H groups in total. The Labute approximate surface area is 109 Å². The van der Waals surface area contributed by atoms with E-state index in [1.54, 1.807) is 6.07 Å². The van der Waals surface area contributed by atoms with Gasteiger partial charge >= 0.3 is 0 Å². The van der Waals surface area contributed by atoms with E-state index in [-0.39, 0.29) is 5.69 Å². The van der Waals surface area contributed by atoms with Crippen molar-refractivity contribution in [2.45, 2.75) is 37.1 Å². The molecule has 6 nitrogen and oxygen atoms in total. The molecule has 1 aromatic rings. The van der Waals surface area contributed by atoms with E-state index in [4.69, 9.17) is 4.74 Å². The molecule has 2 atom stereocenters. The smallest absolute Gasteiger partial charge is 0.293 e. The zero-order valence-corrected chi connectivity index (χ0v) is 10.3. The summed E-state index contributed by atoms with van der Waals surface area (Å²) in [5.41, 5.74) is 0.626. The predicted molar refractivity (Wildman–Crippen MR) is 66.4 cm³/mol. The van der Waals surface area contributed by atoms with E-state index >= 15 is 0 Å². The number of pyridine rings is 1. The van der Waals surface area contributed by atoms with Gasteiger partial charge in [0.25, 0.3) is 5.69 Å². The Hall–Kier alpha value is -1.79. The zero-order valence-electron chi connectivity index (χ0n) is 10.3. The van der Waals surface area contributed by atoms with Gasteiger partial charge in [-0.25, -0.2) is 0 Å². The summed E-state index contributed by atoms with van der Waals surface area (Å²) in [6.07, 6.45) is 3.50. The Morgan fingerprint density at radius 3 is 2.95 bits per heavy atom. The summed E-state index contributed by atoms with van der Waals surface area (Å²) >= 11 is 0. The van der Waals surface area contributed by atoms with E-state index in [9.17, 15) is 15.2 Å². The lowest BCUT2D eigenvalue weighted by molar-refractivity contribution is -0.386. The molecule has 1 aliphatic heterocycles. The van der Waals surface area contributed by atoms with Crippen molar-refractivity contribution in [3.8, 4) is 0 Å². The molecule has 1 saturated carbocycles. The fourth-order valence-corrected chi connectivity index (χ4v) is 2.61. The second kappa shape index (κ2) is 4.11. The number of nitro groups is 1. The van der Waals surface area contributed by atoms with Crippen LogP contribution in [0.25, 0.3) is 0 Å². The number of aliphatic hydroxyl groups is 1. The van der Waals surface area contributed by atoms with Gasteiger partial charge in [0.1, 0.15) is 6.20 Å². The number of hydrogen-bond acceptors (Lipinski definition) is 5. The first kappa shape index (κ1) is 12.3. The molecule has 1 aromatic heterocycles. The summed E-state index contributed by atoms with van der Waals surface area (Å²) < 4.78 is 5.95. The van der Waals surface area contributed by atoms with Crippen molar-refractivity contribution < 1.29 is 14.8 Å². The third-order valence-electron chi connectivity index (χ3n) is 3.87.